The summed E-state index contributed by atoms with van der Waals surface area (Å²) in [4.78, 5) is 0. The monoisotopic (exact) mass is 861 g/mol. The van der Waals surface area contributed by atoms with Crippen LogP contribution < -0.4 is 0 Å². The number of hydrogen-bond acceptors (Lipinski definition) is 6. The SMILES string of the molecule is CCCCCCCCSCc1cc(C(C)(C)c2cc(CSCCCCCCCC)c(O)c(CSCCCCCCCC)c2)cc(CSCCCCCCCC)c1O. The van der Waals surface area contributed by atoms with Gasteiger partial charge in [-0.25, -0.2) is 0 Å². The maximum absolute atomic E-state index is 11.7. The van der Waals surface area contributed by atoms with E-state index in [-0.39, 0.29) is 5.41 Å². The van der Waals surface area contributed by atoms with Gasteiger partial charge in [0.1, 0.15) is 11.5 Å². The van der Waals surface area contributed by atoms with Crippen molar-refractivity contribution in [2.24, 2.45) is 0 Å². The highest BCUT2D eigenvalue weighted by atomic mass is 32.2. The molecule has 0 aromatic heterocycles. The van der Waals surface area contributed by atoms with Crippen LogP contribution in [0.3, 0.4) is 0 Å². The molecular weight excluding hydrogens is 773 g/mol. The number of unbranched alkanes of at least 4 members (excludes halogenated alkanes) is 20. The molecule has 0 aliphatic carbocycles. The first kappa shape index (κ1) is 52.6. The van der Waals surface area contributed by atoms with Crippen LogP contribution in [-0.2, 0) is 28.4 Å². The fraction of sp³-hybridized carbons (Fsp3) is 0.765. The number of phenols is 2. The Balaban J connectivity index is 2.31. The van der Waals surface area contributed by atoms with E-state index in [0.717, 1.165) is 68.3 Å². The number of benzene rings is 2. The Morgan fingerprint density at radius 2 is 0.561 bits per heavy atom. The van der Waals surface area contributed by atoms with Gasteiger partial charge in [-0.3, -0.25) is 0 Å². The number of hydrogen-bond donors (Lipinski definition) is 2. The molecule has 6 heteroatoms. The first-order chi connectivity index (χ1) is 27.8. The van der Waals surface area contributed by atoms with Gasteiger partial charge in [-0.1, -0.05) is 194 Å². The Hall–Kier alpha value is -0.560. The quantitative estimate of drug-likeness (QED) is 0.0656. The third-order valence-electron chi connectivity index (χ3n) is 11.6. The van der Waals surface area contributed by atoms with Crippen LogP contribution in [0.2, 0.25) is 0 Å². The van der Waals surface area contributed by atoms with Crippen molar-refractivity contribution in [2.75, 3.05) is 23.0 Å². The van der Waals surface area contributed by atoms with E-state index in [1.54, 1.807) is 0 Å². The van der Waals surface area contributed by atoms with Gasteiger partial charge in [0.2, 0.25) is 0 Å². The molecule has 0 atom stereocenters. The Morgan fingerprint density at radius 3 is 0.789 bits per heavy atom. The zero-order valence-corrected chi connectivity index (χ0v) is 41.2. The van der Waals surface area contributed by atoms with E-state index in [2.05, 4.69) is 65.8 Å². The van der Waals surface area contributed by atoms with Crippen molar-refractivity contribution in [2.45, 2.75) is 224 Å². The normalized spacial score (nSPS) is 11.9. The summed E-state index contributed by atoms with van der Waals surface area (Å²) >= 11 is 7.95. The van der Waals surface area contributed by atoms with Crippen LogP contribution in [0, 0.1) is 0 Å². The van der Waals surface area contributed by atoms with Crippen LogP contribution in [0.25, 0.3) is 0 Å². The molecule has 328 valence electrons. The highest BCUT2D eigenvalue weighted by Gasteiger charge is 2.28. The van der Waals surface area contributed by atoms with E-state index in [1.165, 1.54) is 165 Å². The molecule has 0 saturated heterocycles. The maximum Gasteiger partial charge on any atom is 0.123 e. The minimum atomic E-state index is -0.268. The van der Waals surface area contributed by atoms with Crippen LogP contribution in [0.15, 0.2) is 24.3 Å². The van der Waals surface area contributed by atoms with Gasteiger partial charge in [-0.15, -0.1) is 0 Å². The third-order valence-corrected chi connectivity index (χ3v) is 15.9. The minimum Gasteiger partial charge on any atom is -0.507 e. The molecule has 2 nitrogen and oxygen atoms in total. The topological polar surface area (TPSA) is 40.5 Å². The van der Waals surface area contributed by atoms with E-state index in [1.807, 2.05) is 47.0 Å². The van der Waals surface area contributed by atoms with E-state index in [9.17, 15) is 10.2 Å². The van der Waals surface area contributed by atoms with Gasteiger partial charge in [0.05, 0.1) is 0 Å². The van der Waals surface area contributed by atoms with Crippen LogP contribution in [0.4, 0.5) is 0 Å². The lowest BCUT2D eigenvalue weighted by atomic mass is 9.76. The predicted molar refractivity (Wildman–Crippen MR) is 266 cm³/mol. The standard InChI is InChI=1S/C51H88O2S4/c1-7-11-15-19-23-27-31-54-39-43-35-47(36-44(49(43)52)40-55-32-28-24-20-16-12-8-2)51(5,6)48-37-45(41-56-33-29-25-21-17-13-9-3)50(53)46(38-48)42-57-34-30-26-22-18-14-10-4/h35-38,52-53H,7-34,39-42H2,1-6H3. The zero-order valence-electron chi connectivity index (χ0n) is 38.0. The number of rotatable bonds is 38. The van der Waals surface area contributed by atoms with E-state index >= 15 is 0 Å². The minimum absolute atomic E-state index is 0.268. The van der Waals surface area contributed by atoms with Crippen molar-refractivity contribution in [3.05, 3.63) is 57.6 Å². The molecule has 0 amide bonds. The molecule has 2 aromatic carbocycles. The van der Waals surface area contributed by atoms with Crippen molar-refractivity contribution in [3.63, 3.8) is 0 Å². The second-order valence-electron chi connectivity index (χ2n) is 17.2. The molecule has 0 radical (unpaired) electrons. The molecule has 0 heterocycles. The molecule has 57 heavy (non-hydrogen) atoms. The maximum atomic E-state index is 11.7. The number of aromatic hydroxyl groups is 2. The van der Waals surface area contributed by atoms with Gasteiger partial charge in [0.25, 0.3) is 0 Å². The van der Waals surface area contributed by atoms with Gasteiger partial charge in [-0.2, -0.15) is 47.0 Å². The second kappa shape index (κ2) is 34.1. The first-order valence-corrected chi connectivity index (χ1v) is 28.4. The lowest BCUT2D eigenvalue weighted by Gasteiger charge is -2.29. The third kappa shape index (κ3) is 22.7. The molecule has 0 fully saturated rings. The van der Waals surface area contributed by atoms with Crippen LogP contribution in [0.1, 0.15) is 229 Å². The largest absolute Gasteiger partial charge is 0.507 e. The predicted octanol–water partition coefficient (Wildman–Crippen LogP) is 17.8. The van der Waals surface area contributed by atoms with Crippen LogP contribution in [-0.4, -0.2) is 33.2 Å². The zero-order chi connectivity index (χ0) is 41.4. The summed E-state index contributed by atoms with van der Waals surface area (Å²) in [6.45, 7) is 13.9. The summed E-state index contributed by atoms with van der Waals surface area (Å²) in [5.41, 5.74) is 6.67. The molecular formula is C51H88O2S4. The summed E-state index contributed by atoms with van der Waals surface area (Å²) in [5, 5.41) is 23.4. The summed E-state index contributed by atoms with van der Waals surface area (Å²) in [7, 11) is 0. The highest BCUT2D eigenvalue weighted by molar-refractivity contribution is 7.99. The molecule has 0 aliphatic heterocycles. The number of thioether (sulfide) groups is 4. The Labute approximate surface area is 371 Å². The van der Waals surface area contributed by atoms with Gasteiger partial charge in [-0.05, 0) is 59.8 Å². The summed E-state index contributed by atoms with van der Waals surface area (Å²) in [6, 6.07) is 9.27. The number of phenolic OH excluding ortho intramolecular Hbond substituents is 2. The van der Waals surface area contributed by atoms with Crippen LogP contribution >= 0.6 is 47.0 Å². The molecule has 0 aliphatic rings. The molecule has 0 spiro atoms. The van der Waals surface area contributed by atoms with Crippen molar-refractivity contribution in [1.82, 2.24) is 0 Å². The highest BCUT2D eigenvalue weighted by Crippen LogP contribution is 2.42. The van der Waals surface area contributed by atoms with Crippen molar-refractivity contribution in [1.29, 1.82) is 0 Å². The van der Waals surface area contributed by atoms with E-state index in [0.29, 0.717) is 11.5 Å². The smallest absolute Gasteiger partial charge is 0.123 e. The summed E-state index contributed by atoms with van der Waals surface area (Å²) < 4.78 is 0. The van der Waals surface area contributed by atoms with Crippen molar-refractivity contribution >= 4 is 47.0 Å². The van der Waals surface area contributed by atoms with Crippen molar-refractivity contribution < 1.29 is 10.2 Å². The van der Waals surface area contributed by atoms with Crippen LogP contribution in [0.5, 0.6) is 11.5 Å². The Morgan fingerprint density at radius 1 is 0.351 bits per heavy atom. The van der Waals surface area contributed by atoms with Gasteiger partial charge in [0, 0.05) is 50.7 Å². The van der Waals surface area contributed by atoms with Gasteiger partial charge < -0.3 is 10.2 Å². The van der Waals surface area contributed by atoms with Gasteiger partial charge >= 0.3 is 0 Å². The van der Waals surface area contributed by atoms with Crippen molar-refractivity contribution in [3.8, 4) is 11.5 Å². The molecule has 2 aromatic rings. The van der Waals surface area contributed by atoms with E-state index in [4.69, 9.17) is 0 Å². The Bertz CT molecular complexity index is 1100. The fourth-order valence-electron chi connectivity index (χ4n) is 7.51. The fourth-order valence-corrected chi connectivity index (χ4v) is 11.5. The summed E-state index contributed by atoms with van der Waals surface area (Å²) in [6.07, 6.45) is 31.7. The molecule has 0 unspecified atom stereocenters. The summed E-state index contributed by atoms with van der Waals surface area (Å²) in [5.74, 6) is 9.07. The van der Waals surface area contributed by atoms with E-state index < -0.39 is 0 Å². The first-order valence-electron chi connectivity index (χ1n) is 23.8. The lowest BCUT2D eigenvalue weighted by molar-refractivity contribution is 0.464. The molecule has 0 saturated carbocycles. The molecule has 2 N–H and O–H groups in total. The molecule has 2 rings (SSSR count). The van der Waals surface area contributed by atoms with Gasteiger partial charge in [0.15, 0.2) is 0 Å². The Kier molecular flexibility index (Phi) is 31.4. The second-order valence-corrected chi connectivity index (χ2v) is 21.6. The average Bonchev–Trinajstić information content (AvgIpc) is 3.20. The average molecular weight is 862 g/mol. The lowest BCUT2D eigenvalue weighted by Crippen LogP contribution is -2.20. The molecule has 0 bridgehead atoms.